The van der Waals surface area contributed by atoms with Gasteiger partial charge in [-0.1, -0.05) is 66.6 Å². The molecule has 0 fully saturated rings. The van der Waals surface area contributed by atoms with Crippen LogP contribution in [-0.4, -0.2) is 28.8 Å². The molecular weight excluding hydrogens is 372 g/mol. The summed E-state index contributed by atoms with van der Waals surface area (Å²) in [5.74, 6) is -0.255. The van der Waals surface area contributed by atoms with Crippen LogP contribution in [0.5, 0.6) is 0 Å². The molecule has 2 amide bonds. The molecule has 28 heavy (non-hydrogen) atoms. The van der Waals surface area contributed by atoms with Crippen molar-refractivity contribution in [2.75, 3.05) is 0 Å². The lowest BCUT2D eigenvalue weighted by atomic mass is 10.1. The molecule has 4 nitrogen and oxygen atoms in total. The molecule has 2 atom stereocenters. The summed E-state index contributed by atoms with van der Waals surface area (Å²) in [5.41, 5.74) is 2.89. The number of benzene rings is 2. The van der Waals surface area contributed by atoms with Crippen LogP contribution in [0.1, 0.15) is 43.9 Å². The quantitative estimate of drug-likeness (QED) is 0.708. The van der Waals surface area contributed by atoms with Crippen LogP contribution in [0.3, 0.4) is 0 Å². The molecule has 0 aliphatic heterocycles. The molecule has 0 saturated carbocycles. The number of amides is 2. The number of halogens is 1. The van der Waals surface area contributed by atoms with Crippen molar-refractivity contribution in [2.24, 2.45) is 0 Å². The van der Waals surface area contributed by atoms with Gasteiger partial charge >= 0.3 is 0 Å². The van der Waals surface area contributed by atoms with Gasteiger partial charge in [-0.2, -0.15) is 0 Å². The molecule has 0 radical (unpaired) electrons. The SMILES string of the molecule is CCC(C)NC(=O)C(C)N(Cc1ccccc1Cl)C(=O)Cc1ccc(C)cc1. The summed E-state index contributed by atoms with van der Waals surface area (Å²) in [7, 11) is 0. The van der Waals surface area contributed by atoms with Crippen molar-refractivity contribution < 1.29 is 9.59 Å². The van der Waals surface area contributed by atoms with Crippen LogP contribution in [0.25, 0.3) is 0 Å². The summed E-state index contributed by atoms with van der Waals surface area (Å²) in [5, 5.41) is 3.56. The van der Waals surface area contributed by atoms with E-state index in [1.165, 1.54) is 0 Å². The first-order valence-electron chi connectivity index (χ1n) is 9.70. The zero-order valence-electron chi connectivity index (χ0n) is 17.0. The molecule has 2 aromatic carbocycles. The van der Waals surface area contributed by atoms with Gasteiger partial charge in [0.2, 0.25) is 11.8 Å². The van der Waals surface area contributed by atoms with Crippen LogP contribution in [0.15, 0.2) is 48.5 Å². The van der Waals surface area contributed by atoms with Crippen molar-refractivity contribution in [2.45, 2.75) is 59.2 Å². The Labute approximate surface area is 172 Å². The van der Waals surface area contributed by atoms with Crippen LogP contribution < -0.4 is 5.32 Å². The van der Waals surface area contributed by atoms with Gasteiger partial charge in [-0.05, 0) is 44.4 Å². The largest absolute Gasteiger partial charge is 0.352 e. The number of carbonyl (C=O) groups is 2. The van der Waals surface area contributed by atoms with E-state index >= 15 is 0 Å². The number of aryl methyl sites for hydroxylation is 1. The molecule has 2 aromatic rings. The first-order valence-corrected chi connectivity index (χ1v) is 10.1. The van der Waals surface area contributed by atoms with Gasteiger partial charge in [-0.15, -0.1) is 0 Å². The lowest BCUT2D eigenvalue weighted by Crippen LogP contribution is -2.49. The molecule has 0 heterocycles. The van der Waals surface area contributed by atoms with Crippen LogP contribution >= 0.6 is 11.6 Å². The van der Waals surface area contributed by atoms with Crippen molar-refractivity contribution in [3.8, 4) is 0 Å². The van der Waals surface area contributed by atoms with Gasteiger partial charge in [-0.25, -0.2) is 0 Å². The zero-order chi connectivity index (χ0) is 20.7. The van der Waals surface area contributed by atoms with Gasteiger partial charge in [0.15, 0.2) is 0 Å². The second-order valence-corrected chi connectivity index (χ2v) is 7.68. The van der Waals surface area contributed by atoms with E-state index in [1.807, 2.05) is 63.2 Å². The predicted molar refractivity (Wildman–Crippen MR) is 114 cm³/mol. The summed E-state index contributed by atoms with van der Waals surface area (Å²) < 4.78 is 0. The third-order valence-electron chi connectivity index (χ3n) is 4.94. The average molecular weight is 401 g/mol. The third kappa shape index (κ3) is 6.10. The van der Waals surface area contributed by atoms with Crippen LogP contribution in [0.2, 0.25) is 5.02 Å². The molecule has 2 rings (SSSR count). The first-order chi connectivity index (χ1) is 13.3. The second-order valence-electron chi connectivity index (χ2n) is 7.27. The summed E-state index contributed by atoms with van der Waals surface area (Å²) in [6, 6.07) is 14.7. The Bertz CT molecular complexity index is 805. The maximum atomic E-state index is 13.1. The fourth-order valence-electron chi connectivity index (χ4n) is 2.84. The standard InChI is InChI=1S/C23H29ClN2O2/c1-5-17(3)25-23(28)18(4)26(15-20-8-6-7-9-21(20)24)22(27)14-19-12-10-16(2)11-13-19/h6-13,17-18H,5,14-15H2,1-4H3,(H,25,28). The molecule has 0 aliphatic rings. The maximum absolute atomic E-state index is 13.1. The Morgan fingerprint density at radius 2 is 1.71 bits per heavy atom. The minimum atomic E-state index is -0.594. The summed E-state index contributed by atoms with van der Waals surface area (Å²) in [6.45, 7) is 8.04. The number of rotatable bonds is 8. The predicted octanol–water partition coefficient (Wildman–Crippen LogP) is 4.52. The topological polar surface area (TPSA) is 49.4 Å². The van der Waals surface area contributed by atoms with Gasteiger partial charge in [0.25, 0.3) is 0 Å². The monoisotopic (exact) mass is 400 g/mol. The van der Waals surface area contributed by atoms with E-state index in [9.17, 15) is 9.59 Å². The smallest absolute Gasteiger partial charge is 0.242 e. The van der Waals surface area contributed by atoms with E-state index < -0.39 is 6.04 Å². The van der Waals surface area contributed by atoms with Crippen molar-refractivity contribution in [3.63, 3.8) is 0 Å². The molecule has 0 spiro atoms. The number of hydrogen-bond donors (Lipinski definition) is 1. The molecule has 2 unspecified atom stereocenters. The van der Waals surface area contributed by atoms with Crippen molar-refractivity contribution in [3.05, 3.63) is 70.2 Å². The van der Waals surface area contributed by atoms with Crippen molar-refractivity contribution >= 4 is 23.4 Å². The maximum Gasteiger partial charge on any atom is 0.242 e. The highest BCUT2D eigenvalue weighted by molar-refractivity contribution is 6.31. The van der Waals surface area contributed by atoms with Crippen molar-refractivity contribution in [1.82, 2.24) is 10.2 Å². The van der Waals surface area contributed by atoms with Gasteiger partial charge in [0, 0.05) is 17.6 Å². The molecule has 1 N–H and O–H groups in total. The lowest BCUT2D eigenvalue weighted by Gasteiger charge is -2.30. The van der Waals surface area contributed by atoms with E-state index in [1.54, 1.807) is 17.9 Å². The summed E-state index contributed by atoms with van der Waals surface area (Å²) in [6.07, 6.45) is 1.08. The number of nitrogens with zero attached hydrogens (tertiary/aromatic N) is 1. The first kappa shape index (κ1) is 22.0. The number of carbonyl (C=O) groups excluding carboxylic acids is 2. The zero-order valence-corrected chi connectivity index (χ0v) is 17.8. The minimum absolute atomic E-state index is 0.0595. The molecule has 0 bridgehead atoms. The Kier molecular flexibility index (Phi) is 8.06. The molecule has 0 aromatic heterocycles. The molecule has 5 heteroatoms. The van der Waals surface area contributed by atoms with E-state index in [0.29, 0.717) is 11.6 Å². The van der Waals surface area contributed by atoms with E-state index in [0.717, 1.165) is 23.1 Å². The Morgan fingerprint density at radius 1 is 1.07 bits per heavy atom. The second kappa shape index (κ2) is 10.3. The van der Waals surface area contributed by atoms with Crippen LogP contribution in [0, 0.1) is 6.92 Å². The summed E-state index contributed by atoms with van der Waals surface area (Å²) in [4.78, 5) is 27.4. The van der Waals surface area contributed by atoms with Gasteiger partial charge in [0.1, 0.15) is 6.04 Å². The highest BCUT2D eigenvalue weighted by Gasteiger charge is 2.27. The Hall–Kier alpha value is -2.33. The van der Waals surface area contributed by atoms with Crippen molar-refractivity contribution in [1.29, 1.82) is 0 Å². The lowest BCUT2D eigenvalue weighted by molar-refractivity contribution is -0.140. The Balaban J connectivity index is 2.23. The summed E-state index contributed by atoms with van der Waals surface area (Å²) >= 11 is 6.30. The molecule has 150 valence electrons. The third-order valence-corrected chi connectivity index (χ3v) is 5.31. The van der Waals surface area contributed by atoms with E-state index in [2.05, 4.69) is 5.32 Å². The number of nitrogens with one attached hydrogen (secondary N) is 1. The van der Waals surface area contributed by atoms with Gasteiger partial charge in [-0.3, -0.25) is 9.59 Å². The van der Waals surface area contributed by atoms with Crippen LogP contribution in [0.4, 0.5) is 0 Å². The van der Waals surface area contributed by atoms with E-state index in [4.69, 9.17) is 11.6 Å². The van der Waals surface area contributed by atoms with E-state index in [-0.39, 0.29) is 24.3 Å². The van der Waals surface area contributed by atoms with Crippen LogP contribution in [-0.2, 0) is 22.6 Å². The Morgan fingerprint density at radius 3 is 2.32 bits per heavy atom. The molecule has 0 aliphatic carbocycles. The fourth-order valence-corrected chi connectivity index (χ4v) is 3.04. The highest BCUT2D eigenvalue weighted by atomic mass is 35.5. The minimum Gasteiger partial charge on any atom is -0.352 e. The average Bonchev–Trinajstić information content (AvgIpc) is 2.68. The van der Waals surface area contributed by atoms with Gasteiger partial charge in [0.05, 0.1) is 6.42 Å². The molecular formula is C23H29ClN2O2. The fraction of sp³-hybridized carbons (Fsp3) is 0.391. The molecule has 0 saturated heterocycles. The number of hydrogen-bond acceptors (Lipinski definition) is 2. The normalized spacial score (nSPS) is 12.9. The van der Waals surface area contributed by atoms with Gasteiger partial charge < -0.3 is 10.2 Å². The highest BCUT2D eigenvalue weighted by Crippen LogP contribution is 2.19.